The number of fused-ring (bicyclic) bond motifs is 1. The summed E-state index contributed by atoms with van der Waals surface area (Å²) in [5.41, 5.74) is 8.62. The molecule has 4 atom stereocenters. The van der Waals surface area contributed by atoms with Crippen molar-refractivity contribution in [3.63, 3.8) is 0 Å². The van der Waals surface area contributed by atoms with E-state index in [9.17, 15) is 23.1 Å². The van der Waals surface area contributed by atoms with Gasteiger partial charge in [0, 0.05) is 0 Å². The van der Waals surface area contributed by atoms with Gasteiger partial charge in [-0.15, -0.1) is 0 Å². The fraction of sp³-hybridized carbons (Fsp3) is 0.708. The molecule has 174 valence electrons. The molecule has 2 aliphatic carbocycles. The van der Waals surface area contributed by atoms with Crippen molar-refractivity contribution in [3.05, 3.63) is 34.9 Å². The molecule has 0 aromatic heterocycles. The number of nitrogens with two attached hydrogens (primary N) is 1. The third-order valence-electron chi connectivity index (χ3n) is 7.02. The Morgan fingerprint density at radius 1 is 1.26 bits per heavy atom. The molecule has 0 heterocycles. The van der Waals surface area contributed by atoms with Crippen molar-refractivity contribution in [3.8, 4) is 0 Å². The fourth-order valence-electron chi connectivity index (χ4n) is 5.11. The van der Waals surface area contributed by atoms with Crippen LogP contribution in [0.3, 0.4) is 0 Å². The highest BCUT2D eigenvalue weighted by molar-refractivity contribution is 5.75. The van der Waals surface area contributed by atoms with Crippen molar-refractivity contribution in [2.75, 3.05) is 0 Å². The number of halogens is 3. The predicted octanol–water partition coefficient (Wildman–Crippen LogP) is 5.15. The van der Waals surface area contributed by atoms with Crippen molar-refractivity contribution >= 4 is 5.97 Å². The molecule has 0 aliphatic heterocycles. The van der Waals surface area contributed by atoms with Gasteiger partial charge in [0.1, 0.15) is 0 Å². The van der Waals surface area contributed by atoms with Crippen LogP contribution in [0.5, 0.6) is 0 Å². The van der Waals surface area contributed by atoms with E-state index in [2.05, 4.69) is 29.9 Å². The predicted molar refractivity (Wildman–Crippen MR) is 112 cm³/mol. The van der Waals surface area contributed by atoms with Crippen LogP contribution in [-0.4, -0.2) is 29.1 Å². The van der Waals surface area contributed by atoms with Crippen LogP contribution in [-0.2, 0) is 22.4 Å². The number of benzene rings is 1. The quantitative estimate of drug-likeness (QED) is 0.332. The molecule has 1 fully saturated rings. The smallest absolute Gasteiger partial charge is 0.427 e. The molecule has 1 saturated carbocycles. The van der Waals surface area contributed by atoms with E-state index in [-0.39, 0.29) is 12.3 Å². The number of esters is 1. The Hall–Kier alpha value is -1.60. The summed E-state index contributed by atoms with van der Waals surface area (Å²) < 4.78 is 41.5. The van der Waals surface area contributed by atoms with E-state index in [0.29, 0.717) is 12.8 Å². The molecule has 31 heavy (non-hydrogen) atoms. The molecular formula is C24H34F3NO3. The second kappa shape index (κ2) is 9.90. The van der Waals surface area contributed by atoms with Gasteiger partial charge in [-0.2, -0.15) is 13.2 Å². The molecule has 1 aromatic rings. The maximum absolute atomic E-state index is 12.4. The van der Waals surface area contributed by atoms with Crippen molar-refractivity contribution in [2.24, 2.45) is 11.7 Å². The zero-order chi connectivity index (χ0) is 22.6. The SMILES string of the molecule is CCCCCC[C@H]1CCc2cc([C@H]3CC[C@](N)(C(O)OC(=O)C(F)(F)F)C3)ccc2C1. The summed E-state index contributed by atoms with van der Waals surface area (Å²) in [6.07, 6.45) is 3.89. The van der Waals surface area contributed by atoms with Crippen molar-refractivity contribution in [1.29, 1.82) is 0 Å². The van der Waals surface area contributed by atoms with Crippen LogP contribution in [0.4, 0.5) is 13.2 Å². The van der Waals surface area contributed by atoms with Crippen LogP contribution in [0.15, 0.2) is 18.2 Å². The van der Waals surface area contributed by atoms with E-state index in [1.807, 2.05) is 0 Å². The summed E-state index contributed by atoms with van der Waals surface area (Å²) in [6.45, 7) is 2.23. The summed E-state index contributed by atoms with van der Waals surface area (Å²) in [5.74, 6) is -1.63. The van der Waals surface area contributed by atoms with E-state index in [4.69, 9.17) is 5.73 Å². The topological polar surface area (TPSA) is 72.6 Å². The second-order valence-corrected chi connectivity index (χ2v) is 9.41. The van der Waals surface area contributed by atoms with Gasteiger partial charge in [-0.25, -0.2) is 4.79 Å². The molecule has 7 heteroatoms. The Morgan fingerprint density at radius 3 is 2.74 bits per heavy atom. The first-order valence-electron chi connectivity index (χ1n) is 11.5. The Morgan fingerprint density at radius 2 is 2.03 bits per heavy atom. The molecule has 0 amide bonds. The standard InChI is InChI=1S/C24H34F3NO3/c1-2-3-4-5-6-16-7-8-18-14-19(10-9-17(18)13-16)20-11-12-23(28,15-20)21(29)31-22(30)24(25,26)27/h9-10,14,16,20-21,29H,2-8,11-13,15,28H2,1H3/t16-,20-,21?,23+/m0/s1. The molecule has 0 bridgehead atoms. The van der Waals surface area contributed by atoms with Gasteiger partial charge in [-0.3, -0.25) is 0 Å². The van der Waals surface area contributed by atoms with E-state index in [0.717, 1.165) is 24.3 Å². The van der Waals surface area contributed by atoms with Gasteiger partial charge >= 0.3 is 12.1 Å². The van der Waals surface area contributed by atoms with Gasteiger partial charge in [0.2, 0.25) is 6.29 Å². The number of ether oxygens (including phenoxy) is 1. The van der Waals surface area contributed by atoms with Crippen LogP contribution >= 0.6 is 0 Å². The average Bonchev–Trinajstić information content (AvgIpc) is 3.13. The molecular weight excluding hydrogens is 407 g/mol. The number of hydrogen-bond donors (Lipinski definition) is 2. The first-order chi connectivity index (χ1) is 14.6. The molecule has 3 N–H and O–H groups in total. The van der Waals surface area contributed by atoms with Crippen molar-refractivity contribution in [2.45, 2.75) is 101 Å². The Bertz CT molecular complexity index is 767. The van der Waals surface area contributed by atoms with E-state index in [1.54, 1.807) is 0 Å². The van der Waals surface area contributed by atoms with Crippen LogP contribution in [0, 0.1) is 5.92 Å². The minimum absolute atomic E-state index is 0.0290. The minimum Gasteiger partial charge on any atom is -0.427 e. The molecule has 2 aliphatic rings. The van der Waals surface area contributed by atoms with E-state index in [1.165, 1.54) is 49.7 Å². The van der Waals surface area contributed by atoms with E-state index >= 15 is 0 Å². The minimum atomic E-state index is -5.15. The molecule has 1 aromatic carbocycles. The molecule has 0 saturated heterocycles. The Labute approximate surface area is 182 Å². The zero-order valence-electron chi connectivity index (χ0n) is 18.2. The first-order valence-corrected chi connectivity index (χ1v) is 11.5. The normalized spacial score (nSPS) is 27.0. The van der Waals surface area contributed by atoms with E-state index < -0.39 is 24.0 Å². The summed E-state index contributed by atoms with van der Waals surface area (Å²) in [7, 11) is 0. The third-order valence-corrected chi connectivity index (χ3v) is 7.02. The van der Waals surface area contributed by atoms with Crippen LogP contribution in [0.1, 0.15) is 87.3 Å². The Balaban J connectivity index is 1.58. The number of carbonyl (C=O) groups is 1. The van der Waals surface area contributed by atoms with Crippen molar-refractivity contribution in [1.82, 2.24) is 0 Å². The monoisotopic (exact) mass is 441 g/mol. The lowest BCUT2D eigenvalue weighted by molar-refractivity contribution is -0.227. The second-order valence-electron chi connectivity index (χ2n) is 9.41. The van der Waals surface area contributed by atoms with Crippen molar-refractivity contribution < 1.29 is 27.8 Å². The number of alkyl halides is 3. The zero-order valence-corrected chi connectivity index (χ0v) is 18.2. The van der Waals surface area contributed by atoms with Crippen LogP contribution in [0.2, 0.25) is 0 Å². The maximum atomic E-state index is 12.4. The number of aliphatic hydroxyl groups is 1. The lowest BCUT2D eigenvalue weighted by atomic mass is 9.79. The third kappa shape index (κ3) is 6.01. The van der Waals surface area contributed by atoms with Gasteiger partial charge in [0.25, 0.3) is 0 Å². The molecule has 0 spiro atoms. The molecule has 1 unspecified atom stereocenters. The number of hydrogen-bond acceptors (Lipinski definition) is 4. The summed E-state index contributed by atoms with van der Waals surface area (Å²) >= 11 is 0. The number of unbranched alkanes of at least 4 members (excludes halogenated alkanes) is 3. The molecule has 4 nitrogen and oxygen atoms in total. The highest BCUT2D eigenvalue weighted by Gasteiger charge is 2.48. The van der Waals surface area contributed by atoms with Crippen LogP contribution in [0.25, 0.3) is 0 Å². The largest absolute Gasteiger partial charge is 0.491 e. The highest BCUT2D eigenvalue weighted by atomic mass is 19.4. The lowest BCUT2D eigenvalue weighted by Gasteiger charge is -2.30. The van der Waals surface area contributed by atoms with Gasteiger partial charge in [0.05, 0.1) is 5.54 Å². The summed E-state index contributed by atoms with van der Waals surface area (Å²) in [5, 5.41) is 10.1. The van der Waals surface area contributed by atoms with Gasteiger partial charge in [-0.05, 0) is 67.1 Å². The first kappa shape index (κ1) is 24.1. The summed E-state index contributed by atoms with van der Waals surface area (Å²) in [6, 6.07) is 6.47. The number of carbonyl (C=O) groups excluding carboxylic acids is 1. The molecule has 0 radical (unpaired) electrons. The fourth-order valence-corrected chi connectivity index (χ4v) is 5.11. The number of aliphatic hydroxyl groups excluding tert-OH is 1. The van der Waals surface area contributed by atoms with Gasteiger partial charge < -0.3 is 15.6 Å². The van der Waals surface area contributed by atoms with Gasteiger partial charge in [0.15, 0.2) is 0 Å². The average molecular weight is 442 g/mol. The Kier molecular flexibility index (Phi) is 7.68. The number of rotatable bonds is 8. The highest BCUT2D eigenvalue weighted by Crippen LogP contribution is 2.43. The van der Waals surface area contributed by atoms with Crippen LogP contribution < -0.4 is 5.73 Å². The maximum Gasteiger partial charge on any atom is 0.491 e. The summed E-state index contributed by atoms with van der Waals surface area (Å²) in [4.78, 5) is 11.0. The lowest BCUT2D eigenvalue weighted by Crippen LogP contribution is -2.51. The van der Waals surface area contributed by atoms with Gasteiger partial charge in [-0.1, -0.05) is 57.2 Å². The molecule has 3 rings (SSSR count). The number of aryl methyl sites for hydroxylation is 1.